The van der Waals surface area contributed by atoms with E-state index in [9.17, 15) is 17.6 Å². The number of alkyl halides is 4. The number of pyridine rings is 2. The van der Waals surface area contributed by atoms with Crippen LogP contribution in [0.2, 0.25) is 0 Å². The summed E-state index contributed by atoms with van der Waals surface area (Å²) in [4.78, 5) is 7.51. The summed E-state index contributed by atoms with van der Waals surface area (Å²) in [5, 5.41) is 0.581. The van der Waals surface area contributed by atoms with E-state index in [1.54, 1.807) is 6.92 Å². The van der Waals surface area contributed by atoms with Crippen LogP contribution in [0.15, 0.2) is 0 Å². The Morgan fingerprint density at radius 3 is 2.62 bits per heavy atom. The van der Waals surface area contributed by atoms with Crippen LogP contribution in [0, 0.1) is 12.9 Å². The van der Waals surface area contributed by atoms with Crippen molar-refractivity contribution in [2.75, 3.05) is 12.4 Å². The fourth-order valence-electron chi connectivity index (χ4n) is 2.88. The van der Waals surface area contributed by atoms with Gasteiger partial charge in [-0.1, -0.05) is 15.9 Å². The average Bonchev–Trinajstić information content (AvgIpc) is 2.90. The second kappa shape index (κ2) is 6.11. The van der Waals surface area contributed by atoms with Crippen LogP contribution >= 0.6 is 15.9 Å². The minimum Gasteiger partial charge on any atom is -0.488 e. The van der Waals surface area contributed by atoms with Gasteiger partial charge in [0.1, 0.15) is 17.4 Å². The van der Waals surface area contributed by atoms with Gasteiger partial charge in [0.25, 0.3) is 0 Å². The van der Waals surface area contributed by atoms with Gasteiger partial charge in [-0.3, -0.25) is 4.98 Å². The molecule has 1 aliphatic rings. The smallest absolute Gasteiger partial charge is 0.422 e. The summed E-state index contributed by atoms with van der Waals surface area (Å²) in [5.41, 5.74) is -0.828. The fraction of sp³-hybridized carbons (Fsp3) is 0.467. The molecule has 0 fully saturated rings. The molecule has 0 radical (unpaired) electrons. The van der Waals surface area contributed by atoms with E-state index in [0.29, 0.717) is 23.0 Å². The highest BCUT2D eigenvalue weighted by Gasteiger charge is 2.40. The van der Waals surface area contributed by atoms with E-state index in [-0.39, 0.29) is 29.5 Å². The predicted octanol–water partition coefficient (Wildman–Crippen LogP) is 3.94. The van der Waals surface area contributed by atoms with E-state index < -0.39 is 23.2 Å². The number of aryl methyl sites for hydroxylation is 1. The lowest BCUT2D eigenvalue weighted by Gasteiger charge is -2.16. The number of hydrogen-bond acceptors (Lipinski definition) is 4. The number of rotatable bonds is 3. The molecule has 0 saturated heterocycles. The van der Waals surface area contributed by atoms with E-state index in [1.807, 2.05) is 0 Å². The maximum absolute atomic E-state index is 14.1. The molecule has 4 nitrogen and oxygen atoms in total. The number of hydrogen-bond donors (Lipinski definition) is 0. The Morgan fingerprint density at radius 1 is 1.33 bits per heavy atom. The van der Waals surface area contributed by atoms with Gasteiger partial charge >= 0.3 is 6.18 Å². The number of ether oxygens (including phenoxy) is 2. The Morgan fingerprint density at radius 2 is 2.04 bits per heavy atom. The molecule has 0 spiro atoms. The van der Waals surface area contributed by atoms with Gasteiger partial charge in [0, 0.05) is 30.1 Å². The summed E-state index contributed by atoms with van der Waals surface area (Å²) >= 11 is 3.31. The van der Waals surface area contributed by atoms with Gasteiger partial charge in [0.15, 0.2) is 0 Å². The van der Waals surface area contributed by atoms with Crippen LogP contribution in [0.25, 0.3) is 10.9 Å². The molecule has 2 aromatic rings. The Kier molecular flexibility index (Phi) is 4.41. The number of halogens is 5. The Bertz CT molecular complexity index is 811. The number of methoxy groups -OCH3 is 1. The second-order valence-corrected chi connectivity index (χ2v) is 6.13. The molecule has 1 aliphatic heterocycles. The van der Waals surface area contributed by atoms with E-state index in [2.05, 4.69) is 25.9 Å². The third-order valence-electron chi connectivity index (χ3n) is 3.87. The van der Waals surface area contributed by atoms with Gasteiger partial charge in [-0.15, -0.1) is 0 Å². The molecule has 1 atom stereocenters. The Balaban J connectivity index is 2.41. The summed E-state index contributed by atoms with van der Waals surface area (Å²) in [6, 6.07) is 0. The zero-order valence-corrected chi connectivity index (χ0v) is 14.4. The molecule has 0 amide bonds. The topological polar surface area (TPSA) is 44.2 Å². The predicted molar refractivity (Wildman–Crippen MR) is 81.9 cm³/mol. The fourth-order valence-corrected chi connectivity index (χ4v) is 3.24. The van der Waals surface area contributed by atoms with E-state index in [0.717, 1.165) is 0 Å². The third-order valence-corrected chi connectivity index (χ3v) is 4.59. The first kappa shape index (κ1) is 17.3. The molecule has 9 heteroatoms. The summed E-state index contributed by atoms with van der Waals surface area (Å²) in [5.74, 6) is -1.32. The van der Waals surface area contributed by atoms with E-state index in [4.69, 9.17) is 9.47 Å². The van der Waals surface area contributed by atoms with Crippen molar-refractivity contribution in [3.8, 4) is 5.75 Å². The van der Waals surface area contributed by atoms with Gasteiger partial charge < -0.3 is 9.47 Å². The largest absolute Gasteiger partial charge is 0.488 e. The maximum atomic E-state index is 14.1. The normalized spacial score (nSPS) is 17.2. The highest BCUT2D eigenvalue weighted by atomic mass is 79.9. The molecular formula is C15H13BrF4N2O2. The summed E-state index contributed by atoms with van der Waals surface area (Å²) in [7, 11) is 1.35. The molecule has 24 heavy (non-hydrogen) atoms. The molecule has 130 valence electrons. The molecule has 0 aliphatic carbocycles. The lowest BCUT2D eigenvalue weighted by Crippen LogP contribution is -2.15. The highest BCUT2D eigenvalue weighted by molar-refractivity contribution is 9.09. The minimum absolute atomic E-state index is 0.0389. The van der Waals surface area contributed by atoms with Crippen LogP contribution in [0.1, 0.15) is 22.5 Å². The number of aromatic nitrogens is 2. The molecular weight excluding hydrogens is 396 g/mol. The van der Waals surface area contributed by atoms with Crippen molar-refractivity contribution in [1.82, 2.24) is 9.97 Å². The van der Waals surface area contributed by atoms with E-state index in [1.165, 1.54) is 7.11 Å². The van der Waals surface area contributed by atoms with Gasteiger partial charge in [0.2, 0.25) is 5.95 Å². The van der Waals surface area contributed by atoms with Crippen LogP contribution in [0.4, 0.5) is 17.6 Å². The molecule has 0 N–H and O–H groups in total. The maximum Gasteiger partial charge on any atom is 0.422 e. The van der Waals surface area contributed by atoms with Crippen molar-refractivity contribution in [2.24, 2.45) is 0 Å². The van der Waals surface area contributed by atoms with Crippen molar-refractivity contribution in [2.45, 2.75) is 32.2 Å². The summed E-state index contributed by atoms with van der Waals surface area (Å²) in [6.07, 6.45) is -4.62. The standard InChI is InChI=1S/C15H13BrF4N2O2/c1-6-8-3-7(4-16)24-13(8)10-9(5-23-2)22-14(17)11(12(10)21-6)15(18,19)20/h7H,3-5H2,1-2H3. The van der Waals surface area contributed by atoms with Crippen molar-refractivity contribution in [1.29, 1.82) is 0 Å². The van der Waals surface area contributed by atoms with Gasteiger partial charge in [-0.2, -0.15) is 17.6 Å². The quantitative estimate of drug-likeness (QED) is 0.438. The van der Waals surface area contributed by atoms with Crippen molar-refractivity contribution < 1.29 is 27.0 Å². The second-order valence-electron chi connectivity index (χ2n) is 5.48. The van der Waals surface area contributed by atoms with Crippen LogP contribution < -0.4 is 4.74 Å². The van der Waals surface area contributed by atoms with E-state index >= 15 is 0 Å². The number of fused-ring (bicyclic) bond motifs is 3. The molecule has 3 rings (SSSR count). The van der Waals surface area contributed by atoms with Crippen LogP contribution in [0.5, 0.6) is 5.75 Å². The van der Waals surface area contributed by atoms with Gasteiger partial charge in [0.05, 0.1) is 23.2 Å². The third kappa shape index (κ3) is 2.73. The number of nitrogens with zero attached hydrogens (tertiary/aromatic N) is 2. The minimum atomic E-state index is -4.91. The monoisotopic (exact) mass is 408 g/mol. The molecule has 2 aromatic heterocycles. The van der Waals surface area contributed by atoms with Crippen LogP contribution in [0.3, 0.4) is 0 Å². The van der Waals surface area contributed by atoms with Crippen molar-refractivity contribution in [3.63, 3.8) is 0 Å². The summed E-state index contributed by atoms with van der Waals surface area (Å²) < 4.78 is 64.7. The molecule has 0 aromatic carbocycles. The summed E-state index contributed by atoms with van der Waals surface area (Å²) in [6.45, 7) is 1.44. The molecule has 1 unspecified atom stereocenters. The zero-order valence-electron chi connectivity index (χ0n) is 12.8. The molecule has 0 saturated carbocycles. The van der Waals surface area contributed by atoms with Gasteiger partial charge in [-0.05, 0) is 6.92 Å². The van der Waals surface area contributed by atoms with Gasteiger partial charge in [-0.25, -0.2) is 4.98 Å². The molecule has 3 heterocycles. The lowest BCUT2D eigenvalue weighted by atomic mass is 10.0. The van der Waals surface area contributed by atoms with Crippen LogP contribution in [-0.4, -0.2) is 28.5 Å². The Labute approximate surface area is 143 Å². The zero-order chi connectivity index (χ0) is 17.6. The SMILES string of the molecule is COCc1nc(F)c(C(F)(F)F)c2nc(C)c3c(c12)OC(CBr)C3. The van der Waals surface area contributed by atoms with Crippen molar-refractivity contribution in [3.05, 3.63) is 28.5 Å². The average molecular weight is 409 g/mol. The van der Waals surface area contributed by atoms with Crippen LogP contribution in [-0.2, 0) is 23.9 Å². The highest BCUT2D eigenvalue weighted by Crippen LogP contribution is 2.44. The first-order chi connectivity index (χ1) is 11.3. The lowest BCUT2D eigenvalue weighted by molar-refractivity contribution is -0.139. The molecule has 0 bridgehead atoms. The first-order valence-corrected chi connectivity index (χ1v) is 8.20. The Hall–Kier alpha value is -1.48. The first-order valence-electron chi connectivity index (χ1n) is 7.08. The van der Waals surface area contributed by atoms with Crippen molar-refractivity contribution >= 4 is 26.8 Å².